The first-order valence-corrected chi connectivity index (χ1v) is 12.9. The zero-order valence-corrected chi connectivity index (χ0v) is 19.3. The normalized spacial score (nSPS) is 12.7. The van der Waals surface area contributed by atoms with Crippen molar-refractivity contribution < 1.29 is 21.4 Å². The average Bonchev–Trinajstić information content (AvgIpc) is 2.78. The van der Waals surface area contributed by atoms with Crippen LogP contribution in [0.3, 0.4) is 0 Å². The highest BCUT2D eigenvalue weighted by atomic mass is 32.2. The van der Waals surface area contributed by atoms with Crippen molar-refractivity contribution in [3.05, 3.63) is 108 Å². The molecule has 0 fully saturated rings. The molecule has 0 amide bonds. The Morgan fingerprint density at radius 3 is 1.88 bits per heavy atom. The number of benzene rings is 3. The van der Waals surface area contributed by atoms with E-state index >= 15 is 0 Å². The van der Waals surface area contributed by atoms with E-state index in [1.807, 2.05) is 37.3 Å². The second-order valence-corrected chi connectivity index (χ2v) is 10.4. The Bertz CT molecular complexity index is 1210. The Labute approximate surface area is 190 Å². The van der Waals surface area contributed by atoms with Gasteiger partial charge in [0.1, 0.15) is 0 Å². The standard InChI is InChI=1S/C17H19NO2S.C7H8O3S/c18-16(12-11-15-7-3-1-4-8-15)13-14-21(19,20)17-9-5-2-6-10-17;1-6-2-4-7(5-3-6)11(8,9)10/h1-10,13-14,16H,11-12,18H2;2-5H,1H3,(H,8,9,10)/b14-13+;/t16-;/m0./s1. The first-order chi connectivity index (χ1) is 15.1. The minimum Gasteiger partial charge on any atom is -0.324 e. The van der Waals surface area contributed by atoms with Gasteiger partial charge in [-0.25, -0.2) is 8.42 Å². The summed E-state index contributed by atoms with van der Waals surface area (Å²) in [5.41, 5.74) is 8.11. The number of nitrogens with two attached hydrogens (primary N) is 1. The Kier molecular flexibility index (Phi) is 9.34. The summed E-state index contributed by atoms with van der Waals surface area (Å²) in [5, 5.41) is 1.21. The van der Waals surface area contributed by atoms with Gasteiger partial charge in [-0.3, -0.25) is 4.55 Å². The Hall–Kier alpha value is -2.78. The van der Waals surface area contributed by atoms with Gasteiger partial charge in [-0.2, -0.15) is 8.42 Å². The summed E-state index contributed by atoms with van der Waals surface area (Å²) >= 11 is 0. The molecule has 170 valence electrons. The minimum absolute atomic E-state index is 0.0666. The number of aryl methyl sites for hydroxylation is 2. The maximum atomic E-state index is 12.1. The smallest absolute Gasteiger partial charge is 0.294 e. The molecule has 0 radical (unpaired) electrons. The highest BCUT2D eigenvalue weighted by Crippen LogP contribution is 2.12. The van der Waals surface area contributed by atoms with Gasteiger partial charge >= 0.3 is 0 Å². The van der Waals surface area contributed by atoms with Crippen LogP contribution in [0.1, 0.15) is 17.5 Å². The van der Waals surface area contributed by atoms with Crippen molar-refractivity contribution in [1.82, 2.24) is 0 Å². The molecule has 0 aliphatic heterocycles. The summed E-state index contributed by atoms with van der Waals surface area (Å²) < 4.78 is 53.7. The van der Waals surface area contributed by atoms with E-state index in [-0.39, 0.29) is 15.8 Å². The molecule has 3 aromatic rings. The lowest BCUT2D eigenvalue weighted by Crippen LogP contribution is -2.18. The van der Waals surface area contributed by atoms with Crippen LogP contribution < -0.4 is 5.73 Å². The van der Waals surface area contributed by atoms with Gasteiger partial charge in [0.05, 0.1) is 9.79 Å². The maximum Gasteiger partial charge on any atom is 0.294 e. The molecular formula is C24H27NO5S2. The molecule has 0 aliphatic carbocycles. The first kappa shape index (κ1) is 25.5. The van der Waals surface area contributed by atoms with Gasteiger partial charge in [-0.05, 0) is 49.6 Å². The molecule has 0 saturated carbocycles. The molecule has 0 saturated heterocycles. The van der Waals surface area contributed by atoms with Crippen molar-refractivity contribution >= 4 is 20.0 Å². The van der Waals surface area contributed by atoms with Gasteiger partial charge < -0.3 is 5.73 Å². The molecule has 3 aromatic carbocycles. The lowest BCUT2D eigenvalue weighted by Gasteiger charge is -2.06. The summed E-state index contributed by atoms with van der Waals surface area (Å²) in [7, 11) is -7.42. The highest BCUT2D eigenvalue weighted by molar-refractivity contribution is 7.94. The zero-order valence-electron chi connectivity index (χ0n) is 17.7. The molecule has 6 nitrogen and oxygen atoms in total. The van der Waals surface area contributed by atoms with Crippen LogP contribution in [0.4, 0.5) is 0 Å². The molecule has 0 heterocycles. The quantitative estimate of drug-likeness (QED) is 0.498. The van der Waals surface area contributed by atoms with Crippen molar-refractivity contribution in [2.24, 2.45) is 5.73 Å². The molecule has 3 rings (SSSR count). The van der Waals surface area contributed by atoms with Crippen LogP contribution >= 0.6 is 0 Å². The SMILES string of the molecule is Cc1ccc(S(=O)(=O)O)cc1.N[C@H](/C=C/S(=O)(=O)c1ccccc1)CCc1ccccc1. The maximum absolute atomic E-state index is 12.1. The summed E-state index contributed by atoms with van der Waals surface area (Å²) in [6, 6.07) is 24.1. The van der Waals surface area contributed by atoms with Crippen molar-refractivity contribution in [1.29, 1.82) is 0 Å². The molecule has 1 atom stereocenters. The summed E-state index contributed by atoms with van der Waals surface area (Å²) in [6.45, 7) is 1.84. The largest absolute Gasteiger partial charge is 0.324 e. The van der Waals surface area contributed by atoms with Crippen LogP contribution in [-0.2, 0) is 26.4 Å². The van der Waals surface area contributed by atoms with E-state index < -0.39 is 20.0 Å². The fraction of sp³-hybridized carbons (Fsp3) is 0.167. The van der Waals surface area contributed by atoms with Gasteiger partial charge in [-0.1, -0.05) is 72.3 Å². The second-order valence-electron chi connectivity index (χ2n) is 7.16. The van der Waals surface area contributed by atoms with Gasteiger partial charge in [0.15, 0.2) is 9.84 Å². The molecule has 0 aliphatic rings. The van der Waals surface area contributed by atoms with Gasteiger partial charge in [0, 0.05) is 11.4 Å². The van der Waals surface area contributed by atoms with Gasteiger partial charge in [0.25, 0.3) is 10.1 Å². The topological polar surface area (TPSA) is 115 Å². The lowest BCUT2D eigenvalue weighted by molar-refractivity contribution is 0.483. The van der Waals surface area contributed by atoms with Crippen LogP contribution in [0.2, 0.25) is 0 Å². The Morgan fingerprint density at radius 2 is 1.34 bits per heavy atom. The fourth-order valence-electron chi connectivity index (χ4n) is 2.68. The molecule has 0 unspecified atom stereocenters. The van der Waals surface area contributed by atoms with Crippen LogP contribution in [0, 0.1) is 6.92 Å². The van der Waals surface area contributed by atoms with Crippen LogP contribution in [-0.4, -0.2) is 27.4 Å². The molecule has 0 spiro atoms. The third-order valence-electron chi connectivity index (χ3n) is 4.50. The summed E-state index contributed by atoms with van der Waals surface area (Å²) in [6.07, 6.45) is 3.10. The van der Waals surface area contributed by atoms with E-state index in [1.54, 1.807) is 48.5 Å². The van der Waals surface area contributed by atoms with E-state index in [1.165, 1.54) is 23.1 Å². The van der Waals surface area contributed by atoms with Gasteiger partial charge in [0.2, 0.25) is 0 Å². The third kappa shape index (κ3) is 8.76. The Morgan fingerprint density at radius 1 is 0.812 bits per heavy atom. The van der Waals surface area contributed by atoms with E-state index in [4.69, 9.17) is 10.3 Å². The first-order valence-electron chi connectivity index (χ1n) is 9.90. The molecule has 8 heteroatoms. The predicted molar refractivity (Wildman–Crippen MR) is 126 cm³/mol. The molecular weight excluding hydrogens is 446 g/mol. The number of sulfone groups is 1. The van der Waals surface area contributed by atoms with E-state index in [2.05, 4.69) is 0 Å². The summed E-state index contributed by atoms with van der Waals surface area (Å²) in [5.74, 6) is 0. The van der Waals surface area contributed by atoms with Crippen molar-refractivity contribution in [3.63, 3.8) is 0 Å². The number of hydrogen-bond donors (Lipinski definition) is 2. The van der Waals surface area contributed by atoms with Gasteiger partial charge in [-0.15, -0.1) is 0 Å². The third-order valence-corrected chi connectivity index (χ3v) is 6.82. The van der Waals surface area contributed by atoms with Crippen molar-refractivity contribution in [3.8, 4) is 0 Å². The highest BCUT2D eigenvalue weighted by Gasteiger charge is 2.10. The molecule has 0 bridgehead atoms. The van der Waals surface area contributed by atoms with Crippen LogP contribution in [0.15, 0.2) is 106 Å². The molecule has 3 N–H and O–H groups in total. The number of hydrogen-bond acceptors (Lipinski definition) is 5. The second kappa shape index (κ2) is 11.7. The monoisotopic (exact) mass is 473 g/mol. The van der Waals surface area contributed by atoms with Crippen LogP contribution in [0.5, 0.6) is 0 Å². The molecule has 0 aromatic heterocycles. The van der Waals surface area contributed by atoms with Crippen LogP contribution in [0.25, 0.3) is 0 Å². The zero-order chi connectivity index (χ0) is 23.6. The minimum atomic E-state index is -4.02. The van der Waals surface area contributed by atoms with E-state index in [9.17, 15) is 16.8 Å². The predicted octanol–water partition coefficient (Wildman–Crippen LogP) is 4.18. The number of rotatable bonds is 7. The molecule has 32 heavy (non-hydrogen) atoms. The van der Waals surface area contributed by atoms with E-state index in [0.29, 0.717) is 6.42 Å². The van der Waals surface area contributed by atoms with Crippen molar-refractivity contribution in [2.75, 3.05) is 0 Å². The fourth-order valence-corrected chi connectivity index (χ4v) is 4.26. The summed E-state index contributed by atoms with van der Waals surface area (Å²) in [4.78, 5) is 0.222. The Balaban J connectivity index is 0.000000278. The van der Waals surface area contributed by atoms with Crippen molar-refractivity contribution in [2.45, 2.75) is 35.6 Å². The average molecular weight is 474 g/mol. The van der Waals surface area contributed by atoms with E-state index in [0.717, 1.165) is 12.0 Å². The lowest BCUT2D eigenvalue weighted by atomic mass is 10.1.